The smallest absolute Gasteiger partial charge is 0.306 e. The Morgan fingerprint density at radius 1 is 1.00 bits per heavy atom. The molecule has 0 heterocycles. The zero-order valence-corrected chi connectivity index (χ0v) is 12.9. The third kappa shape index (κ3) is 5.08. The first-order valence-corrected chi connectivity index (χ1v) is 7.33. The van der Waals surface area contributed by atoms with Gasteiger partial charge in [-0.3, -0.25) is 9.59 Å². The van der Waals surface area contributed by atoms with E-state index < -0.39 is 5.97 Å². The molecular formula is C19H17NO3. The molecular weight excluding hydrogens is 290 g/mol. The first-order valence-electron chi connectivity index (χ1n) is 7.33. The average molecular weight is 307 g/mol. The summed E-state index contributed by atoms with van der Waals surface area (Å²) >= 11 is 0. The van der Waals surface area contributed by atoms with Gasteiger partial charge in [-0.15, -0.1) is 0 Å². The number of aryl methyl sites for hydroxylation is 1. The quantitative estimate of drug-likeness (QED) is 0.604. The van der Waals surface area contributed by atoms with Gasteiger partial charge in [-0.1, -0.05) is 42.0 Å². The molecule has 0 aliphatic heterocycles. The van der Waals surface area contributed by atoms with Crippen molar-refractivity contribution >= 4 is 11.8 Å². The SMILES string of the molecule is Cc1ccc(C(=O)CCC(=O)OCc2ccc(C#N)cc2)cc1. The molecule has 0 N–H and O–H groups in total. The highest BCUT2D eigenvalue weighted by Gasteiger charge is 2.10. The van der Waals surface area contributed by atoms with Crippen molar-refractivity contribution in [2.24, 2.45) is 0 Å². The number of hydrogen-bond donors (Lipinski definition) is 0. The highest BCUT2D eigenvalue weighted by Crippen LogP contribution is 2.09. The van der Waals surface area contributed by atoms with Gasteiger partial charge in [-0.05, 0) is 24.6 Å². The number of benzene rings is 2. The predicted octanol–water partition coefficient (Wildman–Crippen LogP) is 3.57. The normalized spacial score (nSPS) is 9.91. The highest BCUT2D eigenvalue weighted by atomic mass is 16.5. The lowest BCUT2D eigenvalue weighted by molar-refractivity contribution is -0.144. The Morgan fingerprint density at radius 2 is 1.65 bits per heavy atom. The fourth-order valence-corrected chi connectivity index (χ4v) is 2.01. The molecule has 4 heteroatoms. The second kappa shape index (κ2) is 7.90. The van der Waals surface area contributed by atoms with E-state index in [4.69, 9.17) is 10.00 Å². The number of carbonyl (C=O) groups is 2. The monoisotopic (exact) mass is 307 g/mol. The molecule has 23 heavy (non-hydrogen) atoms. The first-order chi connectivity index (χ1) is 11.1. The third-order valence-electron chi connectivity index (χ3n) is 3.41. The molecule has 0 atom stereocenters. The van der Waals surface area contributed by atoms with Crippen molar-refractivity contribution in [2.75, 3.05) is 0 Å². The standard InChI is InChI=1S/C19H17NO3/c1-14-2-8-17(9-3-14)18(21)10-11-19(22)23-13-16-6-4-15(12-20)5-7-16/h2-9H,10-11,13H2,1H3. The van der Waals surface area contributed by atoms with Crippen LogP contribution in [0.5, 0.6) is 0 Å². The van der Waals surface area contributed by atoms with Crippen molar-refractivity contribution in [3.8, 4) is 6.07 Å². The molecule has 2 aromatic rings. The number of hydrogen-bond acceptors (Lipinski definition) is 4. The summed E-state index contributed by atoms with van der Waals surface area (Å²) in [6, 6.07) is 16.1. The minimum atomic E-state index is -0.408. The molecule has 0 amide bonds. The molecule has 2 rings (SSSR count). The summed E-state index contributed by atoms with van der Waals surface area (Å²) in [5.41, 5.74) is 3.06. The molecule has 0 fully saturated rings. The van der Waals surface area contributed by atoms with E-state index in [1.54, 1.807) is 36.4 Å². The van der Waals surface area contributed by atoms with Crippen LogP contribution >= 0.6 is 0 Å². The van der Waals surface area contributed by atoms with Crippen LogP contribution < -0.4 is 0 Å². The van der Waals surface area contributed by atoms with Crippen molar-refractivity contribution in [1.29, 1.82) is 5.26 Å². The maximum absolute atomic E-state index is 12.0. The van der Waals surface area contributed by atoms with Gasteiger partial charge in [0.1, 0.15) is 6.61 Å². The van der Waals surface area contributed by atoms with Crippen LogP contribution in [0.25, 0.3) is 0 Å². The lowest BCUT2D eigenvalue weighted by Crippen LogP contribution is -2.08. The maximum atomic E-state index is 12.0. The van der Waals surface area contributed by atoms with Crippen molar-refractivity contribution in [3.05, 3.63) is 70.8 Å². The molecule has 0 saturated heterocycles. The Morgan fingerprint density at radius 3 is 2.26 bits per heavy atom. The summed E-state index contributed by atoms with van der Waals surface area (Å²) < 4.78 is 5.13. The highest BCUT2D eigenvalue weighted by molar-refractivity contribution is 5.97. The Kier molecular flexibility index (Phi) is 5.65. The van der Waals surface area contributed by atoms with Gasteiger partial charge >= 0.3 is 5.97 Å². The van der Waals surface area contributed by atoms with E-state index in [-0.39, 0.29) is 25.2 Å². The molecule has 0 aromatic heterocycles. The van der Waals surface area contributed by atoms with E-state index >= 15 is 0 Å². The van der Waals surface area contributed by atoms with Crippen LogP contribution in [0.1, 0.15) is 39.9 Å². The summed E-state index contributed by atoms with van der Waals surface area (Å²) in [4.78, 5) is 23.7. The molecule has 0 aliphatic carbocycles. The van der Waals surface area contributed by atoms with Crippen LogP contribution in [0.3, 0.4) is 0 Å². The van der Waals surface area contributed by atoms with Gasteiger partial charge in [0, 0.05) is 12.0 Å². The molecule has 4 nitrogen and oxygen atoms in total. The van der Waals surface area contributed by atoms with Crippen LogP contribution in [-0.2, 0) is 16.1 Å². The molecule has 116 valence electrons. The average Bonchev–Trinajstić information content (AvgIpc) is 2.59. The van der Waals surface area contributed by atoms with E-state index in [2.05, 4.69) is 0 Å². The molecule has 0 spiro atoms. The van der Waals surface area contributed by atoms with Crippen molar-refractivity contribution in [2.45, 2.75) is 26.4 Å². The van der Waals surface area contributed by atoms with Gasteiger partial charge in [-0.2, -0.15) is 5.26 Å². The summed E-state index contributed by atoms with van der Waals surface area (Å²) in [5.74, 6) is -0.477. The Balaban J connectivity index is 1.77. The number of carbonyl (C=O) groups excluding carboxylic acids is 2. The summed E-state index contributed by atoms with van der Waals surface area (Å²) in [6.07, 6.45) is 0.193. The number of nitrogens with zero attached hydrogens (tertiary/aromatic N) is 1. The molecule has 0 saturated carbocycles. The summed E-state index contributed by atoms with van der Waals surface area (Å²) in [7, 11) is 0. The molecule has 0 aliphatic rings. The minimum Gasteiger partial charge on any atom is -0.461 e. The summed E-state index contributed by atoms with van der Waals surface area (Å²) in [5, 5.41) is 8.71. The second-order valence-electron chi connectivity index (χ2n) is 5.26. The first kappa shape index (κ1) is 16.4. The Bertz CT molecular complexity index is 725. The number of rotatable bonds is 6. The molecule has 0 unspecified atom stereocenters. The van der Waals surface area contributed by atoms with Crippen LogP contribution in [0.15, 0.2) is 48.5 Å². The maximum Gasteiger partial charge on any atom is 0.306 e. The zero-order chi connectivity index (χ0) is 16.7. The third-order valence-corrected chi connectivity index (χ3v) is 3.41. The second-order valence-corrected chi connectivity index (χ2v) is 5.26. The van der Waals surface area contributed by atoms with Crippen molar-refractivity contribution < 1.29 is 14.3 Å². The van der Waals surface area contributed by atoms with Gasteiger partial charge in [-0.25, -0.2) is 0 Å². The van der Waals surface area contributed by atoms with Gasteiger partial charge in [0.05, 0.1) is 18.1 Å². The van der Waals surface area contributed by atoms with Crippen LogP contribution in [0, 0.1) is 18.3 Å². The van der Waals surface area contributed by atoms with E-state index in [0.29, 0.717) is 11.1 Å². The molecule has 0 bridgehead atoms. The number of Topliss-reactive ketones (excluding diaryl/α,β-unsaturated/α-hetero) is 1. The van der Waals surface area contributed by atoms with Crippen LogP contribution in [0.4, 0.5) is 0 Å². The van der Waals surface area contributed by atoms with Crippen LogP contribution in [0.2, 0.25) is 0 Å². The fourth-order valence-electron chi connectivity index (χ4n) is 2.01. The number of ketones is 1. The Hall–Kier alpha value is -2.93. The van der Waals surface area contributed by atoms with E-state index in [1.807, 2.05) is 25.1 Å². The minimum absolute atomic E-state index is 0.0585. The molecule has 2 aromatic carbocycles. The topological polar surface area (TPSA) is 67.2 Å². The number of esters is 1. The Labute approximate surface area is 135 Å². The largest absolute Gasteiger partial charge is 0.461 e. The molecule has 0 radical (unpaired) electrons. The lowest BCUT2D eigenvalue weighted by atomic mass is 10.1. The lowest BCUT2D eigenvalue weighted by Gasteiger charge is -2.05. The van der Waals surface area contributed by atoms with Crippen molar-refractivity contribution in [3.63, 3.8) is 0 Å². The van der Waals surface area contributed by atoms with E-state index in [0.717, 1.165) is 11.1 Å². The van der Waals surface area contributed by atoms with Crippen LogP contribution in [-0.4, -0.2) is 11.8 Å². The van der Waals surface area contributed by atoms with E-state index in [9.17, 15) is 9.59 Å². The van der Waals surface area contributed by atoms with Gasteiger partial charge in [0.25, 0.3) is 0 Å². The predicted molar refractivity (Wildman–Crippen MR) is 85.7 cm³/mol. The summed E-state index contributed by atoms with van der Waals surface area (Å²) in [6.45, 7) is 2.10. The zero-order valence-electron chi connectivity index (χ0n) is 12.9. The van der Waals surface area contributed by atoms with Gasteiger partial charge < -0.3 is 4.74 Å². The number of nitriles is 1. The van der Waals surface area contributed by atoms with Gasteiger partial charge in [0.15, 0.2) is 5.78 Å². The van der Waals surface area contributed by atoms with Crippen molar-refractivity contribution in [1.82, 2.24) is 0 Å². The number of ether oxygens (including phenoxy) is 1. The van der Waals surface area contributed by atoms with Gasteiger partial charge in [0.2, 0.25) is 0 Å². The fraction of sp³-hybridized carbons (Fsp3) is 0.211. The van der Waals surface area contributed by atoms with E-state index in [1.165, 1.54) is 0 Å².